The smallest absolute Gasteiger partial charge is 0.331 e. The van der Waals surface area contributed by atoms with Gasteiger partial charge in [-0.15, -0.1) is 0 Å². The molecule has 2 N–H and O–H groups in total. The molecule has 0 spiro atoms. The number of hydrogen-bond acceptors (Lipinski definition) is 4. The van der Waals surface area contributed by atoms with Gasteiger partial charge in [0.15, 0.2) is 0 Å². The zero-order chi connectivity index (χ0) is 25.2. The van der Waals surface area contributed by atoms with E-state index in [0.717, 1.165) is 48.6 Å². The van der Waals surface area contributed by atoms with Crippen LogP contribution in [0.2, 0.25) is 0 Å². The van der Waals surface area contributed by atoms with Gasteiger partial charge in [-0.05, 0) is 44.0 Å². The van der Waals surface area contributed by atoms with Crippen molar-refractivity contribution in [3.63, 3.8) is 0 Å². The minimum Gasteiger partial charge on any atom is -0.337 e. The Hall–Kier alpha value is -4.20. The van der Waals surface area contributed by atoms with Crippen molar-refractivity contribution in [2.75, 3.05) is 5.32 Å². The lowest BCUT2D eigenvalue weighted by atomic mass is 9.93. The van der Waals surface area contributed by atoms with Crippen LogP contribution in [0, 0.1) is 6.92 Å². The number of aromatic nitrogens is 1. The third-order valence-electron chi connectivity index (χ3n) is 6.84. The predicted octanol–water partition coefficient (Wildman–Crippen LogP) is 4.38. The molecule has 5 amide bonds. The van der Waals surface area contributed by atoms with Gasteiger partial charge < -0.3 is 9.88 Å². The normalized spacial score (nSPS) is 18.1. The first-order valence-electron chi connectivity index (χ1n) is 12.3. The van der Waals surface area contributed by atoms with E-state index in [1.165, 1.54) is 11.0 Å². The highest BCUT2D eigenvalue weighted by Crippen LogP contribution is 2.28. The molecule has 5 rings (SSSR count). The molecule has 8 heteroatoms. The van der Waals surface area contributed by atoms with E-state index in [0.29, 0.717) is 11.3 Å². The lowest BCUT2D eigenvalue weighted by Gasteiger charge is -2.35. The third-order valence-corrected chi connectivity index (χ3v) is 6.84. The monoisotopic (exact) mass is 484 g/mol. The molecule has 2 aliphatic rings. The van der Waals surface area contributed by atoms with Crippen LogP contribution in [0.15, 0.2) is 60.3 Å². The molecule has 2 heterocycles. The molecular formula is C28H28N4O4. The molecule has 1 aliphatic heterocycles. The summed E-state index contributed by atoms with van der Waals surface area (Å²) < 4.78 is 1.79. The van der Waals surface area contributed by atoms with E-state index in [4.69, 9.17) is 0 Å². The van der Waals surface area contributed by atoms with E-state index in [-0.39, 0.29) is 24.1 Å². The number of anilines is 1. The number of para-hydroxylation sites is 1. The zero-order valence-electron chi connectivity index (χ0n) is 20.1. The summed E-state index contributed by atoms with van der Waals surface area (Å²) in [5.41, 5.74) is 3.16. The number of hydrogen-bond donors (Lipinski definition) is 2. The van der Waals surface area contributed by atoms with Gasteiger partial charge in [0.05, 0.1) is 0 Å². The number of imide groups is 2. The largest absolute Gasteiger partial charge is 0.337 e. The minimum atomic E-state index is -0.703. The first-order valence-corrected chi connectivity index (χ1v) is 12.3. The number of aryl methyl sites for hydroxylation is 1. The van der Waals surface area contributed by atoms with Crippen molar-refractivity contribution in [1.82, 2.24) is 14.8 Å². The number of amides is 5. The number of rotatable bonds is 5. The number of fused-ring (bicyclic) bond motifs is 1. The van der Waals surface area contributed by atoms with Gasteiger partial charge in [0.25, 0.3) is 11.8 Å². The minimum absolute atomic E-state index is 0.0599. The van der Waals surface area contributed by atoms with Gasteiger partial charge >= 0.3 is 6.03 Å². The molecule has 0 bridgehead atoms. The van der Waals surface area contributed by atoms with E-state index in [2.05, 4.69) is 10.6 Å². The Labute approximate surface area is 209 Å². The number of benzene rings is 2. The van der Waals surface area contributed by atoms with E-state index >= 15 is 0 Å². The molecule has 0 atom stereocenters. The number of barbiturate groups is 1. The van der Waals surface area contributed by atoms with E-state index in [9.17, 15) is 19.2 Å². The van der Waals surface area contributed by atoms with Gasteiger partial charge in [-0.1, -0.05) is 55.2 Å². The second-order valence-corrected chi connectivity index (χ2v) is 9.43. The fourth-order valence-corrected chi connectivity index (χ4v) is 5.01. The van der Waals surface area contributed by atoms with Gasteiger partial charge in [-0.25, -0.2) is 4.79 Å². The second kappa shape index (κ2) is 9.81. The molecule has 184 valence electrons. The van der Waals surface area contributed by atoms with Crippen molar-refractivity contribution in [3.05, 3.63) is 71.4 Å². The maximum atomic E-state index is 13.3. The Morgan fingerprint density at radius 3 is 2.50 bits per heavy atom. The number of nitrogens with one attached hydrogen (secondary N) is 2. The van der Waals surface area contributed by atoms with E-state index < -0.39 is 17.8 Å². The SMILES string of the molecule is Cc1ccc(NC(=O)Cn2cc(C=C3C(=O)NC(=O)N(C4CCCCC4)C3=O)c3ccccc32)cc1. The van der Waals surface area contributed by atoms with Crippen LogP contribution in [0.1, 0.15) is 43.2 Å². The molecule has 1 saturated carbocycles. The predicted molar refractivity (Wildman–Crippen MR) is 137 cm³/mol. The Balaban J connectivity index is 1.44. The summed E-state index contributed by atoms with van der Waals surface area (Å²) in [6.07, 6.45) is 7.76. The Morgan fingerprint density at radius 1 is 1.03 bits per heavy atom. The van der Waals surface area contributed by atoms with Crippen LogP contribution in [-0.2, 0) is 20.9 Å². The molecule has 3 aromatic rings. The lowest BCUT2D eigenvalue weighted by molar-refractivity contribution is -0.132. The first-order chi connectivity index (χ1) is 17.4. The molecule has 1 saturated heterocycles. The molecule has 8 nitrogen and oxygen atoms in total. The van der Waals surface area contributed by atoms with Crippen molar-refractivity contribution >= 4 is 46.4 Å². The van der Waals surface area contributed by atoms with Gasteiger partial charge in [0.2, 0.25) is 5.91 Å². The highest BCUT2D eigenvalue weighted by Gasteiger charge is 2.40. The Bertz CT molecular complexity index is 1380. The summed E-state index contributed by atoms with van der Waals surface area (Å²) in [6, 6.07) is 14.2. The summed E-state index contributed by atoms with van der Waals surface area (Å²) in [6.45, 7) is 2.04. The number of carbonyl (C=O) groups is 4. The van der Waals surface area contributed by atoms with Crippen LogP contribution < -0.4 is 10.6 Å². The van der Waals surface area contributed by atoms with Gasteiger partial charge in [-0.3, -0.25) is 24.6 Å². The van der Waals surface area contributed by atoms with Crippen LogP contribution in [0.3, 0.4) is 0 Å². The molecule has 36 heavy (non-hydrogen) atoms. The number of urea groups is 1. The summed E-state index contributed by atoms with van der Waals surface area (Å²) >= 11 is 0. The maximum Gasteiger partial charge on any atom is 0.331 e. The Kier molecular flexibility index (Phi) is 6.41. The van der Waals surface area contributed by atoms with Crippen LogP contribution in [0.25, 0.3) is 17.0 Å². The first kappa shape index (κ1) is 23.5. The highest BCUT2D eigenvalue weighted by atomic mass is 16.2. The average molecular weight is 485 g/mol. The van der Waals surface area contributed by atoms with Crippen molar-refractivity contribution in [3.8, 4) is 0 Å². The van der Waals surface area contributed by atoms with Crippen molar-refractivity contribution in [1.29, 1.82) is 0 Å². The lowest BCUT2D eigenvalue weighted by Crippen LogP contribution is -2.58. The quantitative estimate of drug-likeness (QED) is 0.415. The van der Waals surface area contributed by atoms with Crippen molar-refractivity contribution in [2.45, 2.75) is 51.6 Å². The molecule has 2 aromatic carbocycles. The second-order valence-electron chi connectivity index (χ2n) is 9.43. The third kappa shape index (κ3) is 4.66. The van der Waals surface area contributed by atoms with Crippen LogP contribution in [0.5, 0.6) is 0 Å². The topological polar surface area (TPSA) is 101 Å². The Morgan fingerprint density at radius 2 is 1.75 bits per heavy atom. The van der Waals surface area contributed by atoms with Crippen LogP contribution in [-0.4, -0.2) is 39.3 Å². The highest BCUT2D eigenvalue weighted by molar-refractivity contribution is 6.31. The number of carbonyl (C=O) groups excluding carboxylic acids is 4. The van der Waals surface area contributed by atoms with Crippen molar-refractivity contribution in [2.24, 2.45) is 0 Å². The summed E-state index contributed by atoms with van der Waals surface area (Å²) in [4.78, 5) is 52.5. The van der Waals surface area contributed by atoms with E-state index in [1.54, 1.807) is 10.8 Å². The summed E-state index contributed by atoms with van der Waals surface area (Å²) in [7, 11) is 0. The molecular weight excluding hydrogens is 456 g/mol. The standard InChI is InChI=1S/C28H28N4O4/c1-18-11-13-20(14-12-18)29-25(33)17-31-16-19(22-9-5-6-10-24(22)31)15-23-26(34)30-28(36)32(27(23)35)21-7-3-2-4-8-21/h5-6,9-16,21H,2-4,7-8,17H2,1H3,(H,29,33)(H,30,34,36). The summed E-state index contributed by atoms with van der Waals surface area (Å²) in [5.74, 6) is -1.46. The van der Waals surface area contributed by atoms with E-state index in [1.807, 2.05) is 55.5 Å². The average Bonchev–Trinajstić information content (AvgIpc) is 3.20. The zero-order valence-corrected chi connectivity index (χ0v) is 20.1. The van der Waals surface area contributed by atoms with Gasteiger partial charge in [-0.2, -0.15) is 0 Å². The number of nitrogens with zero attached hydrogens (tertiary/aromatic N) is 2. The van der Waals surface area contributed by atoms with Crippen LogP contribution >= 0.6 is 0 Å². The summed E-state index contributed by atoms with van der Waals surface area (Å²) in [5, 5.41) is 6.03. The molecule has 0 unspecified atom stereocenters. The molecule has 1 aliphatic carbocycles. The van der Waals surface area contributed by atoms with Crippen LogP contribution in [0.4, 0.5) is 10.5 Å². The maximum absolute atomic E-state index is 13.3. The molecule has 0 radical (unpaired) electrons. The van der Waals surface area contributed by atoms with Crippen molar-refractivity contribution < 1.29 is 19.2 Å². The van der Waals surface area contributed by atoms with Gasteiger partial charge in [0, 0.05) is 34.4 Å². The molecule has 1 aromatic heterocycles. The fourth-order valence-electron chi connectivity index (χ4n) is 5.01. The molecule has 2 fully saturated rings. The fraction of sp³-hybridized carbons (Fsp3) is 0.286. The van der Waals surface area contributed by atoms with Gasteiger partial charge in [0.1, 0.15) is 12.1 Å².